The first-order valence-electron chi connectivity index (χ1n) is 6.03. The number of rotatable bonds is 8. The number of hydrogen-bond donors (Lipinski definition) is 1. The van der Waals surface area contributed by atoms with Gasteiger partial charge in [-0.15, -0.1) is 0 Å². The molecule has 1 rings (SSSR count). The van der Waals surface area contributed by atoms with Crippen LogP contribution in [-0.2, 0) is 4.74 Å². The summed E-state index contributed by atoms with van der Waals surface area (Å²) in [5.74, 6) is 0.756. The molecular weight excluding hydrogens is 174 g/mol. The Balaban J connectivity index is 1.84. The Bertz CT molecular complexity index is 135. The third kappa shape index (κ3) is 6.39. The first kappa shape index (κ1) is 12.0. The highest BCUT2D eigenvalue weighted by Crippen LogP contribution is 2.18. The van der Waals surface area contributed by atoms with E-state index in [9.17, 15) is 0 Å². The quantitative estimate of drug-likeness (QED) is 0.649. The van der Waals surface area contributed by atoms with E-state index < -0.39 is 0 Å². The van der Waals surface area contributed by atoms with Crippen molar-refractivity contribution in [3.8, 4) is 0 Å². The van der Waals surface area contributed by atoms with Crippen molar-refractivity contribution in [2.75, 3.05) is 13.2 Å². The second-order valence-electron chi connectivity index (χ2n) is 4.88. The van der Waals surface area contributed by atoms with Gasteiger partial charge in [-0.2, -0.15) is 0 Å². The largest absolute Gasteiger partial charge is 0.378 e. The Hall–Kier alpha value is -0.0800. The summed E-state index contributed by atoms with van der Waals surface area (Å²) in [6.45, 7) is 8.69. The van der Waals surface area contributed by atoms with E-state index in [0.29, 0.717) is 6.10 Å². The van der Waals surface area contributed by atoms with Gasteiger partial charge < -0.3 is 10.1 Å². The molecule has 1 aliphatic rings. The minimum atomic E-state index is 0.417. The first-order chi connectivity index (χ1) is 6.68. The summed E-state index contributed by atoms with van der Waals surface area (Å²) in [5.41, 5.74) is 0. The average Bonchev–Trinajstić information content (AvgIpc) is 2.87. The van der Waals surface area contributed by atoms with Gasteiger partial charge in [0.2, 0.25) is 0 Å². The third-order valence-corrected chi connectivity index (χ3v) is 2.66. The van der Waals surface area contributed by atoms with Crippen molar-refractivity contribution < 1.29 is 4.74 Å². The van der Waals surface area contributed by atoms with Gasteiger partial charge in [0.1, 0.15) is 0 Å². The maximum atomic E-state index is 5.72. The molecule has 0 aromatic carbocycles. The van der Waals surface area contributed by atoms with Crippen molar-refractivity contribution in [1.29, 1.82) is 0 Å². The highest BCUT2D eigenvalue weighted by molar-refractivity contribution is 4.80. The smallest absolute Gasteiger partial charge is 0.0559 e. The number of hydrogen-bond acceptors (Lipinski definition) is 2. The van der Waals surface area contributed by atoms with Crippen LogP contribution in [0.3, 0.4) is 0 Å². The SMILES string of the molecule is CC(C)CCOC(C)CCNC1CC1. The third-order valence-electron chi connectivity index (χ3n) is 2.66. The summed E-state index contributed by atoms with van der Waals surface area (Å²) in [7, 11) is 0. The van der Waals surface area contributed by atoms with E-state index in [1.807, 2.05) is 0 Å². The summed E-state index contributed by atoms with van der Waals surface area (Å²) >= 11 is 0. The van der Waals surface area contributed by atoms with Crippen LogP contribution in [0.2, 0.25) is 0 Å². The van der Waals surface area contributed by atoms with Crippen molar-refractivity contribution in [3.05, 3.63) is 0 Å². The molecular formula is C12H25NO. The molecule has 1 atom stereocenters. The van der Waals surface area contributed by atoms with E-state index >= 15 is 0 Å². The average molecular weight is 199 g/mol. The molecule has 0 bridgehead atoms. The molecule has 14 heavy (non-hydrogen) atoms. The van der Waals surface area contributed by atoms with Gasteiger partial charge in [-0.1, -0.05) is 13.8 Å². The maximum Gasteiger partial charge on any atom is 0.0559 e. The van der Waals surface area contributed by atoms with Gasteiger partial charge in [0.15, 0.2) is 0 Å². The first-order valence-corrected chi connectivity index (χ1v) is 6.03. The molecule has 84 valence electrons. The second-order valence-corrected chi connectivity index (χ2v) is 4.88. The molecule has 0 radical (unpaired) electrons. The number of ether oxygens (including phenoxy) is 1. The van der Waals surface area contributed by atoms with E-state index in [-0.39, 0.29) is 0 Å². The van der Waals surface area contributed by atoms with Gasteiger partial charge in [-0.3, -0.25) is 0 Å². The van der Waals surface area contributed by atoms with E-state index in [1.54, 1.807) is 0 Å². The Morgan fingerprint density at radius 1 is 1.21 bits per heavy atom. The van der Waals surface area contributed by atoms with Crippen molar-refractivity contribution in [1.82, 2.24) is 5.32 Å². The molecule has 2 heteroatoms. The predicted molar refractivity (Wildman–Crippen MR) is 60.5 cm³/mol. The summed E-state index contributed by atoms with van der Waals surface area (Å²) in [6.07, 6.45) is 5.50. The van der Waals surface area contributed by atoms with Crippen LogP contribution < -0.4 is 5.32 Å². The van der Waals surface area contributed by atoms with Crippen molar-refractivity contribution in [2.24, 2.45) is 5.92 Å². The van der Waals surface area contributed by atoms with Gasteiger partial charge in [0.25, 0.3) is 0 Å². The highest BCUT2D eigenvalue weighted by Gasteiger charge is 2.19. The fraction of sp³-hybridized carbons (Fsp3) is 1.00. The lowest BCUT2D eigenvalue weighted by Gasteiger charge is -2.14. The molecule has 2 nitrogen and oxygen atoms in total. The Morgan fingerprint density at radius 2 is 1.93 bits per heavy atom. The van der Waals surface area contributed by atoms with Crippen molar-refractivity contribution in [2.45, 2.75) is 58.6 Å². The molecule has 0 saturated heterocycles. The van der Waals surface area contributed by atoms with E-state index in [4.69, 9.17) is 4.74 Å². The zero-order valence-electron chi connectivity index (χ0n) is 9.88. The van der Waals surface area contributed by atoms with Crippen LogP contribution in [0.25, 0.3) is 0 Å². The zero-order valence-corrected chi connectivity index (χ0v) is 9.88. The molecule has 0 aromatic rings. The van der Waals surface area contributed by atoms with Gasteiger partial charge >= 0.3 is 0 Å². The predicted octanol–water partition coefficient (Wildman–Crippen LogP) is 2.58. The lowest BCUT2D eigenvalue weighted by molar-refractivity contribution is 0.0534. The van der Waals surface area contributed by atoms with Crippen LogP contribution in [-0.4, -0.2) is 25.3 Å². The van der Waals surface area contributed by atoms with Crippen LogP contribution >= 0.6 is 0 Å². The molecule has 0 amide bonds. The second kappa shape index (κ2) is 6.41. The lowest BCUT2D eigenvalue weighted by atomic mass is 10.1. The molecule has 0 heterocycles. The van der Waals surface area contributed by atoms with Crippen LogP contribution in [0.1, 0.15) is 46.5 Å². The van der Waals surface area contributed by atoms with Gasteiger partial charge in [0.05, 0.1) is 6.10 Å². The zero-order chi connectivity index (χ0) is 10.4. The molecule has 1 unspecified atom stereocenters. The Kier molecular flexibility index (Phi) is 5.49. The Labute approximate surface area is 88.4 Å². The van der Waals surface area contributed by atoms with E-state index in [0.717, 1.165) is 31.5 Å². The monoisotopic (exact) mass is 199 g/mol. The molecule has 0 spiro atoms. The normalized spacial score (nSPS) is 18.9. The summed E-state index contributed by atoms with van der Waals surface area (Å²) < 4.78 is 5.72. The van der Waals surface area contributed by atoms with Crippen LogP contribution in [0.5, 0.6) is 0 Å². The molecule has 0 aromatic heterocycles. The van der Waals surface area contributed by atoms with Crippen LogP contribution in [0, 0.1) is 5.92 Å². The molecule has 1 saturated carbocycles. The van der Waals surface area contributed by atoms with Gasteiger partial charge in [-0.05, 0) is 45.1 Å². The van der Waals surface area contributed by atoms with Gasteiger partial charge in [-0.25, -0.2) is 0 Å². The number of nitrogens with one attached hydrogen (secondary N) is 1. The van der Waals surface area contributed by atoms with E-state index in [1.165, 1.54) is 19.3 Å². The summed E-state index contributed by atoms with van der Waals surface area (Å²) in [5, 5.41) is 3.51. The molecule has 1 aliphatic carbocycles. The summed E-state index contributed by atoms with van der Waals surface area (Å²) in [6, 6.07) is 0.831. The molecule has 1 N–H and O–H groups in total. The fourth-order valence-corrected chi connectivity index (χ4v) is 1.37. The summed E-state index contributed by atoms with van der Waals surface area (Å²) in [4.78, 5) is 0. The standard InChI is InChI=1S/C12H25NO/c1-10(2)7-9-14-11(3)6-8-13-12-4-5-12/h10-13H,4-9H2,1-3H3. The van der Waals surface area contributed by atoms with Crippen molar-refractivity contribution in [3.63, 3.8) is 0 Å². The minimum absolute atomic E-state index is 0.417. The highest BCUT2D eigenvalue weighted by atomic mass is 16.5. The topological polar surface area (TPSA) is 21.3 Å². The van der Waals surface area contributed by atoms with Crippen LogP contribution in [0.4, 0.5) is 0 Å². The van der Waals surface area contributed by atoms with Gasteiger partial charge in [0, 0.05) is 12.6 Å². The fourth-order valence-electron chi connectivity index (χ4n) is 1.37. The maximum absolute atomic E-state index is 5.72. The van der Waals surface area contributed by atoms with E-state index in [2.05, 4.69) is 26.1 Å². The minimum Gasteiger partial charge on any atom is -0.378 e. The lowest BCUT2D eigenvalue weighted by Crippen LogP contribution is -2.22. The van der Waals surface area contributed by atoms with Crippen molar-refractivity contribution >= 4 is 0 Å². The molecule has 0 aliphatic heterocycles. The molecule has 1 fully saturated rings. The Morgan fingerprint density at radius 3 is 2.50 bits per heavy atom. The van der Waals surface area contributed by atoms with Crippen LogP contribution in [0.15, 0.2) is 0 Å².